The van der Waals surface area contributed by atoms with Crippen LogP contribution < -0.4 is 0 Å². The summed E-state index contributed by atoms with van der Waals surface area (Å²) >= 11 is 3.54. The van der Waals surface area contributed by atoms with Crippen LogP contribution in [-0.4, -0.2) is 9.78 Å². The molecular weight excluding hydrogens is 264 g/mol. The molecule has 2 aromatic rings. The molecule has 0 amide bonds. The molecule has 0 unspecified atom stereocenters. The number of benzene rings is 1. The van der Waals surface area contributed by atoms with Gasteiger partial charge in [-0.15, -0.1) is 0 Å². The smallest absolute Gasteiger partial charge is 0.0738 e. The maximum absolute atomic E-state index is 4.50. The first-order valence-electron chi connectivity index (χ1n) is 5.33. The summed E-state index contributed by atoms with van der Waals surface area (Å²) in [5.41, 5.74) is 4.81. The molecule has 16 heavy (non-hydrogen) atoms. The highest BCUT2D eigenvalue weighted by atomic mass is 79.9. The fourth-order valence-corrected chi connectivity index (χ4v) is 2.10. The predicted octanol–water partition coefficient (Wildman–Crippen LogP) is 3.62. The number of hydrogen-bond donors (Lipinski definition) is 0. The predicted molar refractivity (Wildman–Crippen MR) is 69.7 cm³/mol. The van der Waals surface area contributed by atoms with E-state index in [0.717, 1.165) is 16.7 Å². The number of hydrogen-bond acceptors (Lipinski definition) is 1. The van der Waals surface area contributed by atoms with Gasteiger partial charge in [0.25, 0.3) is 0 Å². The number of halogens is 1. The van der Waals surface area contributed by atoms with Crippen LogP contribution in [0.25, 0.3) is 0 Å². The Balaban J connectivity index is 2.30. The lowest BCUT2D eigenvalue weighted by Crippen LogP contribution is -2.04. The largest absolute Gasteiger partial charge is 0.264 e. The van der Waals surface area contributed by atoms with Crippen LogP contribution in [0.1, 0.15) is 22.5 Å². The third-order valence-electron chi connectivity index (χ3n) is 2.71. The molecule has 1 aromatic carbocycles. The van der Waals surface area contributed by atoms with Crippen LogP contribution in [0.4, 0.5) is 0 Å². The van der Waals surface area contributed by atoms with E-state index < -0.39 is 0 Å². The topological polar surface area (TPSA) is 17.8 Å². The zero-order valence-corrected chi connectivity index (χ0v) is 11.4. The SMILES string of the molecule is Cc1cccc(Cn2nc(C)c(Br)c2C)c1. The Kier molecular flexibility index (Phi) is 3.15. The Labute approximate surface area is 104 Å². The Morgan fingerprint density at radius 2 is 2.00 bits per heavy atom. The van der Waals surface area contributed by atoms with Crippen LogP contribution in [0.2, 0.25) is 0 Å². The molecule has 3 heteroatoms. The molecule has 0 aliphatic rings. The molecule has 1 aromatic heterocycles. The second-order valence-corrected chi connectivity index (χ2v) is 4.92. The summed E-state index contributed by atoms with van der Waals surface area (Å²) in [5.74, 6) is 0. The molecule has 2 rings (SSSR count). The van der Waals surface area contributed by atoms with Gasteiger partial charge in [0.15, 0.2) is 0 Å². The van der Waals surface area contributed by atoms with Gasteiger partial charge < -0.3 is 0 Å². The van der Waals surface area contributed by atoms with E-state index in [4.69, 9.17) is 0 Å². The van der Waals surface area contributed by atoms with Crippen molar-refractivity contribution in [2.24, 2.45) is 0 Å². The minimum absolute atomic E-state index is 0.833. The average Bonchev–Trinajstić information content (AvgIpc) is 2.47. The molecule has 0 aliphatic heterocycles. The van der Waals surface area contributed by atoms with Crippen molar-refractivity contribution in [3.05, 3.63) is 51.3 Å². The lowest BCUT2D eigenvalue weighted by Gasteiger charge is -2.05. The fraction of sp³-hybridized carbons (Fsp3) is 0.308. The van der Waals surface area contributed by atoms with Crippen molar-refractivity contribution in [3.63, 3.8) is 0 Å². The first-order chi connectivity index (χ1) is 7.58. The molecule has 0 radical (unpaired) electrons. The third-order valence-corrected chi connectivity index (χ3v) is 3.86. The summed E-state index contributed by atoms with van der Waals surface area (Å²) in [6.07, 6.45) is 0. The van der Waals surface area contributed by atoms with Crippen molar-refractivity contribution in [2.45, 2.75) is 27.3 Å². The van der Waals surface area contributed by atoms with E-state index >= 15 is 0 Å². The van der Waals surface area contributed by atoms with Crippen LogP contribution in [-0.2, 0) is 6.54 Å². The lowest BCUT2D eigenvalue weighted by atomic mass is 10.1. The minimum Gasteiger partial charge on any atom is -0.264 e. The molecule has 0 aliphatic carbocycles. The zero-order valence-electron chi connectivity index (χ0n) is 9.79. The van der Waals surface area contributed by atoms with Gasteiger partial charge in [0.1, 0.15) is 0 Å². The van der Waals surface area contributed by atoms with E-state index in [-0.39, 0.29) is 0 Å². The molecule has 0 N–H and O–H groups in total. The standard InChI is InChI=1S/C13H15BrN2/c1-9-5-4-6-12(7-9)8-16-11(3)13(14)10(2)15-16/h4-7H,8H2,1-3H3. The molecule has 0 atom stereocenters. The first kappa shape index (κ1) is 11.4. The van der Waals surface area contributed by atoms with E-state index in [9.17, 15) is 0 Å². The summed E-state index contributed by atoms with van der Waals surface area (Å²) in [6.45, 7) is 7.05. The van der Waals surface area contributed by atoms with E-state index in [1.165, 1.54) is 16.8 Å². The van der Waals surface area contributed by atoms with Gasteiger partial charge in [-0.3, -0.25) is 4.68 Å². The highest BCUT2D eigenvalue weighted by Crippen LogP contribution is 2.20. The zero-order chi connectivity index (χ0) is 11.7. The minimum atomic E-state index is 0.833. The molecule has 0 saturated heterocycles. The van der Waals surface area contributed by atoms with Crippen molar-refractivity contribution in [1.29, 1.82) is 0 Å². The molecule has 0 fully saturated rings. The third kappa shape index (κ3) is 2.19. The molecular formula is C13H15BrN2. The van der Waals surface area contributed by atoms with Gasteiger partial charge in [0.05, 0.1) is 22.4 Å². The Morgan fingerprint density at radius 1 is 1.25 bits per heavy atom. The number of rotatable bonds is 2. The maximum Gasteiger partial charge on any atom is 0.0738 e. The summed E-state index contributed by atoms with van der Waals surface area (Å²) in [4.78, 5) is 0. The van der Waals surface area contributed by atoms with E-state index in [0.29, 0.717) is 0 Å². The Morgan fingerprint density at radius 3 is 2.56 bits per heavy atom. The van der Waals surface area contributed by atoms with Gasteiger partial charge in [0, 0.05) is 0 Å². The van der Waals surface area contributed by atoms with Crippen LogP contribution in [0.3, 0.4) is 0 Å². The van der Waals surface area contributed by atoms with Gasteiger partial charge in [-0.2, -0.15) is 5.10 Å². The van der Waals surface area contributed by atoms with Gasteiger partial charge in [0.2, 0.25) is 0 Å². The average molecular weight is 279 g/mol. The summed E-state index contributed by atoms with van der Waals surface area (Å²) < 4.78 is 3.15. The lowest BCUT2D eigenvalue weighted by molar-refractivity contribution is 0.658. The Hall–Kier alpha value is -1.09. The summed E-state index contributed by atoms with van der Waals surface area (Å²) in [6, 6.07) is 8.54. The number of aromatic nitrogens is 2. The van der Waals surface area contributed by atoms with Crippen molar-refractivity contribution >= 4 is 15.9 Å². The molecule has 84 valence electrons. The van der Waals surface area contributed by atoms with E-state index in [1.54, 1.807) is 0 Å². The number of aryl methyl sites for hydroxylation is 2. The van der Waals surface area contributed by atoms with Crippen molar-refractivity contribution in [2.75, 3.05) is 0 Å². The van der Waals surface area contributed by atoms with Gasteiger partial charge in [-0.05, 0) is 42.3 Å². The van der Waals surface area contributed by atoms with E-state index in [1.807, 2.05) is 11.6 Å². The molecule has 0 bridgehead atoms. The van der Waals surface area contributed by atoms with Crippen LogP contribution >= 0.6 is 15.9 Å². The molecule has 2 nitrogen and oxygen atoms in total. The fourth-order valence-electron chi connectivity index (χ4n) is 1.81. The van der Waals surface area contributed by atoms with Gasteiger partial charge in [-0.1, -0.05) is 29.8 Å². The van der Waals surface area contributed by atoms with Crippen LogP contribution in [0.15, 0.2) is 28.7 Å². The number of nitrogens with zero attached hydrogens (tertiary/aromatic N) is 2. The monoisotopic (exact) mass is 278 g/mol. The molecule has 0 saturated carbocycles. The van der Waals surface area contributed by atoms with Gasteiger partial charge >= 0.3 is 0 Å². The molecule has 0 spiro atoms. The normalized spacial score (nSPS) is 10.8. The van der Waals surface area contributed by atoms with E-state index in [2.05, 4.69) is 59.1 Å². The van der Waals surface area contributed by atoms with Crippen molar-refractivity contribution in [3.8, 4) is 0 Å². The Bertz CT molecular complexity index is 515. The maximum atomic E-state index is 4.50. The quantitative estimate of drug-likeness (QED) is 0.821. The second kappa shape index (κ2) is 4.42. The summed E-state index contributed by atoms with van der Waals surface area (Å²) in [7, 11) is 0. The van der Waals surface area contributed by atoms with Crippen LogP contribution in [0, 0.1) is 20.8 Å². The summed E-state index contributed by atoms with van der Waals surface area (Å²) in [5, 5.41) is 4.50. The van der Waals surface area contributed by atoms with Crippen molar-refractivity contribution in [1.82, 2.24) is 9.78 Å². The van der Waals surface area contributed by atoms with Crippen molar-refractivity contribution < 1.29 is 0 Å². The molecule has 1 heterocycles. The van der Waals surface area contributed by atoms with Gasteiger partial charge in [-0.25, -0.2) is 0 Å². The van der Waals surface area contributed by atoms with Crippen LogP contribution in [0.5, 0.6) is 0 Å². The highest BCUT2D eigenvalue weighted by molar-refractivity contribution is 9.10. The highest BCUT2D eigenvalue weighted by Gasteiger charge is 2.08. The second-order valence-electron chi connectivity index (χ2n) is 4.13. The first-order valence-corrected chi connectivity index (χ1v) is 6.12.